The Morgan fingerprint density at radius 3 is 2.53 bits per heavy atom. The normalized spacial score (nSPS) is 10.5. The minimum absolute atomic E-state index is 0.213. The van der Waals surface area contributed by atoms with E-state index in [0.29, 0.717) is 5.69 Å². The monoisotopic (exact) mass is 230 g/mol. The van der Waals surface area contributed by atoms with Gasteiger partial charge >= 0.3 is 0 Å². The second kappa shape index (κ2) is 4.01. The molecule has 0 saturated carbocycles. The van der Waals surface area contributed by atoms with Gasteiger partial charge in [-0.1, -0.05) is 22.9 Å². The third-order valence-electron chi connectivity index (χ3n) is 2.71. The van der Waals surface area contributed by atoms with Crippen LogP contribution in [-0.2, 0) is 0 Å². The Hall–Kier alpha value is -2.17. The van der Waals surface area contributed by atoms with Gasteiger partial charge in [-0.05, 0) is 32.4 Å². The number of hydrogen-bond acceptors (Lipinski definition) is 3. The van der Waals surface area contributed by atoms with Crippen molar-refractivity contribution >= 4 is 5.91 Å². The molecule has 0 saturated heterocycles. The molecule has 1 aromatic heterocycles. The SMILES string of the molecule is Cc1ccc(-n2nnc(C(N)=O)c2C)c(C)c1. The van der Waals surface area contributed by atoms with Crippen molar-refractivity contribution in [2.45, 2.75) is 20.8 Å². The molecule has 0 spiro atoms. The molecule has 1 aromatic carbocycles. The highest BCUT2D eigenvalue weighted by Gasteiger charge is 2.15. The van der Waals surface area contributed by atoms with Gasteiger partial charge in [0.15, 0.2) is 5.69 Å². The van der Waals surface area contributed by atoms with Crippen LogP contribution < -0.4 is 5.73 Å². The van der Waals surface area contributed by atoms with Crippen LogP contribution in [0.1, 0.15) is 27.3 Å². The maximum Gasteiger partial charge on any atom is 0.271 e. The van der Waals surface area contributed by atoms with Crippen molar-refractivity contribution < 1.29 is 4.79 Å². The van der Waals surface area contributed by atoms with E-state index in [9.17, 15) is 4.79 Å². The summed E-state index contributed by atoms with van der Waals surface area (Å²) in [5.41, 5.74) is 9.25. The molecule has 2 N–H and O–H groups in total. The van der Waals surface area contributed by atoms with Crippen LogP contribution in [0.4, 0.5) is 0 Å². The average molecular weight is 230 g/mol. The van der Waals surface area contributed by atoms with Crippen LogP contribution in [0.3, 0.4) is 0 Å². The topological polar surface area (TPSA) is 73.8 Å². The zero-order valence-corrected chi connectivity index (χ0v) is 10.1. The minimum Gasteiger partial charge on any atom is -0.364 e. The number of benzene rings is 1. The van der Waals surface area contributed by atoms with E-state index in [4.69, 9.17) is 5.73 Å². The summed E-state index contributed by atoms with van der Waals surface area (Å²) in [5, 5.41) is 7.76. The fraction of sp³-hybridized carbons (Fsp3) is 0.250. The average Bonchev–Trinajstić information content (AvgIpc) is 2.60. The number of aryl methyl sites for hydroxylation is 2. The van der Waals surface area contributed by atoms with E-state index in [1.807, 2.05) is 26.0 Å². The first-order valence-corrected chi connectivity index (χ1v) is 5.30. The molecule has 2 aromatic rings. The molecule has 2 rings (SSSR count). The number of carbonyl (C=O) groups is 1. The number of amides is 1. The zero-order valence-electron chi connectivity index (χ0n) is 10.1. The van der Waals surface area contributed by atoms with E-state index < -0.39 is 5.91 Å². The van der Waals surface area contributed by atoms with Crippen molar-refractivity contribution in [3.8, 4) is 5.69 Å². The Morgan fingerprint density at radius 1 is 1.29 bits per heavy atom. The van der Waals surface area contributed by atoms with Crippen LogP contribution >= 0.6 is 0 Å². The number of nitrogens with two attached hydrogens (primary N) is 1. The Morgan fingerprint density at radius 2 is 2.00 bits per heavy atom. The first-order chi connectivity index (χ1) is 8.00. The Labute approximate surface area is 99.2 Å². The third-order valence-corrected chi connectivity index (χ3v) is 2.71. The highest BCUT2D eigenvalue weighted by atomic mass is 16.1. The lowest BCUT2D eigenvalue weighted by Gasteiger charge is -2.07. The van der Waals surface area contributed by atoms with Gasteiger partial charge in [0, 0.05) is 0 Å². The molecule has 0 unspecified atom stereocenters. The van der Waals surface area contributed by atoms with Gasteiger partial charge in [0.2, 0.25) is 0 Å². The maximum atomic E-state index is 11.1. The Balaban J connectivity index is 2.57. The minimum atomic E-state index is -0.557. The molecule has 1 heterocycles. The smallest absolute Gasteiger partial charge is 0.271 e. The highest BCUT2D eigenvalue weighted by molar-refractivity contribution is 5.91. The number of primary amides is 1. The molecule has 0 atom stereocenters. The Kier molecular flexibility index (Phi) is 2.67. The largest absolute Gasteiger partial charge is 0.364 e. The van der Waals surface area contributed by atoms with E-state index in [1.54, 1.807) is 11.6 Å². The van der Waals surface area contributed by atoms with E-state index in [0.717, 1.165) is 11.3 Å². The molecule has 0 aliphatic heterocycles. The van der Waals surface area contributed by atoms with Crippen molar-refractivity contribution in [1.29, 1.82) is 0 Å². The molecule has 17 heavy (non-hydrogen) atoms. The molecule has 0 fully saturated rings. The van der Waals surface area contributed by atoms with Gasteiger partial charge in [-0.2, -0.15) is 0 Å². The van der Waals surface area contributed by atoms with Gasteiger partial charge in [-0.3, -0.25) is 4.79 Å². The fourth-order valence-corrected chi connectivity index (χ4v) is 1.83. The van der Waals surface area contributed by atoms with Gasteiger partial charge in [0.05, 0.1) is 11.4 Å². The molecule has 0 radical (unpaired) electrons. The summed E-state index contributed by atoms with van der Waals surface area (Å²) in [6.07, 6.45) is 0. The molecule has 0 bridgehead atoms. The third kappa shape index (κ3) is 1.91. The van der Waals surface area contributed by atoms with E-state index in [1.165, 1.54) is 5.56 Å². The molecule has 0 aliphatic rings. The summed E-state index contributed by atoms with van der Waals surface area (Å²) in [4.78, 5) is 11.1. The van der Waals surface area contributed by atoms with Crippen LogP contribution in [0.25, 0.3) is 5.69 Å². The van der Waals surface area contributed by atoms with Crippen molar-refractivity contribution in [3.05, 3.63) is 40.7 Å². The second-order valence-electron chi connectivity index (χ2n) is 4.09. The van der Waals surface area contributed by atoms with Gasteiger partial charge < -0.3 is 5.73 Å². The van der Waals surface area contributed by atoms with Crippen molar-refractivity contribution in [2.75, 3.05) is 0 Å². The van der Waals surface area contributed by atoms with Gasteiger partial charge in [-0.25, -0.2) is 4.68 Å². The standard InChI is InChI=1S/C12H14N4O/c1-7-4-5-10(8(2)6-7)16-9(3)11(12(13)17)14-15-16/h4-6H,1-3H3,(H2,13,17). The Bertz CT molecular complexity index is 586. The predicted octanol–water partition coefficient (Wildman–Crippen LogP) is 1.29. The predicted molar refractivity (Wildman–Crippen MR) is 64.1 cm³/mol. The van der Waals surface area contributed by atoms with E-state index >= 15 is 0 Å². The number of carbonyl (C=O) groups excluding carboxylic acids is 1. The molecule has 5 heteroatoms. The number of nitrogens with zero attached hydrogens (tertiary/aromatic N) is 3. The summed E-state index contributed by atoms with van der Waals surface area (Å²) in [6, 6.07) is 6.00. The maximum absolute atomic E-state index is 11.1. The van der Waals surface area contributed by atoms with Crippen LogP contribution in [0, 0.1) is 20.8 Å². The summed E-state index contributed by atoms with van der Waals surface area (Å²) in [5.74, 6) is -0.557. The number of aromatic nitrogens is 3. The molecule has 5 nitrogen and oxygen atoms in total. The molecule has 0 aliphatic carbocycles. The number of rotatable bonds is 2. The van der Waals surface area contributed by atoms with Crippen LogP contribution in [-0.4, -0.2) is 20.9 Å². The molecule has 1 amide bonds. The van der Waals surface area contributed by atoms with E-state index in [2.05, 4.69) is 16.4 Å². The first-order valence-electron chi connectivity index (χ1n) is 5.30. The van der Waals surface area contributed by atoms with Gasteiger partial charge in [0.25, 0.3) is 5.91 Å². The van der Waals surface area contributed by atoms with Gasteiger partial charge in [0.1, 0.15) is 0 Å². The lowest BCUT2D eigenvalue weighted by Crippen LogP contribution is -2.13. The van der Waals surface area contributed by atoms with Crippen LogP contribution in [0.5, 0.6) is 0 Å². The molecular formula is C12H14N4O. The van der Waals surface area contributed by atoms with Crippen molar-refractivity contribution in [1.82, 2.24) is 15.0 Å². The molecular weight excluding hydrogens is 216 g/mol. The van der Waals surface area contributed by atoms with Gasteiger partial charge in [-0.15, -0.1) is 5.10 Å². The summed E-state index contributed by atoms with van der Waals surface area (Å²) < 4.78 is 1.63. The lowest BCUT2D eigenvalue weighted by molar-refractivity contribution is 0.0995. The summed E-state index contributed by atoms with van der Waals surface area (Å²) in [6.45, 7) is 5.80. The fourth-order valence-electron chi connectivity index (χ4n) is 1.83. The highest BCUT2D eigenvalue weighted by Crippen LogP contribution is 2.17. The van der Waals surface area contributed by atoms with Crippen LogP contribution in [0.2, 0.25) is 0 Å². The lowest BCUT2D eigenvalue weighted by atomic mass is 10.1. The zero-order chi connectivity index (χ0) is 12.6. The van der Waals surface area contributed by atoms with Crippen LogP contribution in [0.15, 0.2) is 18.2 Å². The number of hydrogen-bond donors (Lipinski definition) is 1. The van der Waals surface area contributed by atoms with Crippen molar-refractivity contribution in [3.63, 3.8) is 0 Å². The summed E-state index contributed by atoms with van der Waals surface area (Å²) >= 11 is 0. The quantitative estimate of drug-likeness (QED) is 0.844. The molecule has 88 valence electrons. The summed E-state index contributed by atoms with van der Waals surface area (Å²) in [7, 11) is 0. The second-order valence-corrected chi connectivity index (χ2v) is 4.09. The van der Waals surface area contributed by atoms with Crippen molar-refractivity contribution in [2.24, 2.45) is 5.73 Å². The first kappa shape index (κ1) is 11.3. The van der Waals surface area contributed by atoms with E-state index in [-0.39, 0.29) is 5.69 Å².